The summed E-state index contributed by atoms with van der Waals surface area (Å²) in [5, 5.41) is 15.0. The van der Waals surface area contributed by atoms with E-state index in [0.717, 1.165) is 25.7 Å². The Labute approximate surface area is 137 Å². The van der Waals surface area contributed by atoms with Crippen LogP contribution in [0.1, 0.15) is 64.7 Å². The second kappa shape index (κ2) is 7.79. The maximum atomic E-state index is 12.6. The molecule has 0 aromatic heterocycles. The van der Waals surface area contributed by atoms with Crippen molar-refractivity contribution in [1.29, 1.82) is 0 Å². The lowest BCUT2D eigenvalue weighted by atomic mass is 9.80. The van der Waals surface area contributed by atoms with Crippen LogP contribution in [0.5, 0.6) is 0 Å². The number of amides is 2. The summed E-state index contributed by atoms with van der Waals surface area (Å²) in [7, 11) is 0. The fourth-order valence-corrected chi connectivity index (χ4v) is 3.75. The molecular weight excluding hydrogens is 296 g/mol. The minimum atomic E-state index is -0.826. The topological polar surface area (TPSA) is 95.5 Å². The molecule has 23 heavy (non-hydrogen) atoms. The Morgan fingerprint density at radius 1 is 1.09 bits per heavy atom. The molecule has 6 nitrogen and oxygen atoms in total. The first kappa shape index (κ1) is 17.8. The number of rotatable bonds is 6. The van der Waals surface area contributed by atoms with Crippen LogP contribution in [0.3, 0.4) is 0 Å². The molecule has 0 radical (unpaired) electrons. The molecule has 0 aromatic rings. The minimum absolute atomic E-state index is 0.0832. The van der Waals surface area contributed by atoms with Crippen molar-refractivity contribution in [2.24, 2.45) is 11.8 Å². The molecule has 2 aliphatic rings. The third kappa shape index (κ3) is 4.24. The van der Waals surface area contributed by atoms with E-state index in [9.17, 15) is 14.4 Å². The molecule has 2 rings (SSSR count). The average Bonchev–Trinajstić information content (AvgIpc) is 3.03. The number of carbonyl (C=O) groups is 3. The summed E-state index contributed by atoms with van der Waals surface area (Å²) in [6, 6.07) is 0. The lowest BCUT2D eigenvalue weighted by molar-refractivity contribution is -0.142. The van der Waals surface area contributed by atoms with Gasteiger partial charge in [-0.1, -0.05) is 26.2 Å². The number of hydrogen-bond acceptors (Lipinski definition) is 3. The van der Waals surface area contributed by atoms with Crippen LogP contribution < -0.4 is 10.6 Å². The van der Waals surface area contributed by atoms with Crippen LogP contribution in [0, 0.1) is 11.8 Å². The molecule has 0 spiro atoms. The van der Waals surface area contributed by atoms with Gasteiger partial charge >= 0.3 is 5.97 Å². The largest absolute Gasteiger partial charge is 0.481 e. The Hall–Kier alpha value is -1.59. The first-order chi connectivity index (χ1) is 11.0. The van der Waals surface area contributed by atoms with Crippen LogP contribution in [0.4, 0.5) is 0 Å². The van der Waals surface area contributed by atoms with Crippen molar-refractivity contribution in [3.8, 4) is 0 Å². The van der Waals surface area contributed by atoms with Crippen molar-refractivity contribution in [1.82, 2.24) is 10.6 Å². The van der Waals surface area contributed by atoms with Gasteiger partial charge in [0.05, 0.1) is 5.92 Å². The van der Waals surface area contributed by atoms with Crippen molar-refractivity contribution in [3.05, 3.63) is 0 Å². The smallest absolute Gasteiger partial charge is 0.306 e. The number of hydrogen-bond donors (Lipinski definition) is 3. The lowest BCUT2D eigenvalue weighted by Gasteiger charge is -2.37. The van der Waals surface area contributed by atoms with Gasteiger partial charge < -0.3 is 15.7 Å². The Morgan fingerprint density at radius 2 is 1.74 bits per heavy atom. The summed E-state index contributed by atoms with van der Waals surface area (Å²) in [6.45, 7) is 2.61. The molecule has 2 atom stereocenters. The van der Waals surface area contributed by atoms with Gasteiger partial charge in [-0.25, -0.2) is 0 Å². The van der Waals surface area contributed by atoms with Crippen molar-refractivity contribution in [3.63, 3.8) is 0 Å². The van der Waals surface area contributed by atoms with Crippen molar-refractivity contribution in [2.75, 3.05) is 6.54 Å². The first-order valence-electron chi connectivity index (χ1n) is 8.81. The molecule has 6 heteroatoms. The van der Waals surface area contributed by atoms with Crippen molar-refractivity contribution in [2.45, 2.75) is 70.3 Å². The molecular formula is C17H28N2O4. The number of nitrogens with one attached hydrogen (secondary N) is 2. The van der Waals surface area contributed by atoms with Crippen LogP contribution in [0.2, 0.25) is 0 Å². The Morgan fingerprint density at radius 3 is 2.30 bits per heavy atom. The normalized spacial score (nSPS) is 26.5. The maximum absolute atomic E-state index is 12.6. The fraction of sp³-hybridized carbons (Fsp3) is 0.824. The molecule has 130 valence electrons. The van der Waals surface area contributed by atoms with Gasteiger partial charge in [0, 0.05) is 12.5 Å². The van der Waals surface area contributed by atoms with Gasteiger partial charge in [0.15, 0.2) is 0 Å². The van der Waals surface area contributed by atoms with Gasteiger partial charge in [0.2, 0.25) is 11.8 Å². The van der Waals surface area contributed by atoms with E-state index < -0.39 is 17.4 Å². The molecule has 0 unspecified atom stereocenters. The van der Waals surface area contributed by atoms with E-state index in [1.165, 1.54) is 0 Å². The molecule has 2 amide bonds. The highest BCUT2D eigenvalue weighted by Crippen LogP contribution is 2.34. The lowest BCUT2D eigenvalue weighted by Crippen LogP contribution is -2.60. The summed E-state index contributed by atoms with van der Waals surface area (Å²) < 4.78 is 0. The zero-order valence-corrected chi connectivity index (χ0v) is 13.9. The highest BCUT2D eigenvalue weighted by Gasteiger charge is 2.43. The molecule has 2 aliphatic carbocycles. The van der Waals surface area contributed by atoms with Gasteiger partial charge in [0.25, 0.3) is 0 Å². The summed E-state index contributed by atoms with van der Waals surface area (Å²) in [5.41, 5.74) is -0.800. The molecule has 2 fully saturated rings. The molecule has 2 saturated carbocycles. The van der Waals surface area contributed by atoms with E-state index in [-0.39, 0.29) is 17.7 Å². The summed E-state index contributed by atoms with van der Waals surface area (Å²) in [6.07, 6.45) is 6.67. The second-order valence-electron chi connectivity index (χ2n) is 6.93. The monoisotopic (exact) mass is 324 g/mol. The molecule has 0 saturated heterocycles. The summed E-state index contributed by atoms with van der Waals surface area (Å²) in [4.78, 5) is 36.2. The van der Waals surface area contributed by atoms with E-state index in [1.54, 1.807) is 0 Å². The molecule has 0 bridgehead atoms. The number of carboxylic acids is 1. The Balaban J connectivity index is 2.01. The van der Waals surface area contributed by atoms with Crippen LogP contribution in [0.25, 0.3) is 0 Å². The van der Waals surface area contributed by atoms with E-state index in [2.05, 4.69) is 10.6 Å². The average molecular weight is 324 g/mol. The van der Waals surface area contributed by atoms with E-state index in [4.69, 9.17) is 5.11 Å². The van der Waals surface area contributed by atoms with Gasteiger partial charge in [-0.15, -0.1) is 0 Å². The predicted octanol–water partition coefficient (Wildman–Crippen LogP) is 1.83. The number of carbonyl (C=O) groups excluding carboxylic acids is 2. The van der Waals surface area contributed by atoms with Crippen LogP contribution in [0.15, 0.2) is 0 Å². The number of carboxylic acid groups (broad SMARTS) is 1. The quantitative estimate of drug-likeness (QED) is 0.694. The minimum Gasteiger partial charge on any atom is -0.481 e. The van der Waals surface area contributed by atoms with E-state index in [0.29, 0.717) is 38.6 Å². The SMILES string of the molecule is CCCNC(=O)C1(NC(=O)[C@@H]2CC[C@H](C(=O)O)C2)CCCCC1. The summed E-state index contributed by atoms with van der Waals surface area (Å²) in [5.74, 6) is -1.77. The zero-order chi connectivity index (χ0) is 16.9. The van der Waals surface area contributed by atoms with E-state index in [1.807, 2.05) is 6.92 Å². The highest BCUT2D eigenvalue weighted by molar-refractivity contribution is 5.92. The maximum Gasteiger partial charge on any atom is 0.306 e. The Kier molecular flexibility index (Phi) is 6.02. The molecule has 0 aromatic carbocycles. The van der Waals surface area contributed by atoms with Crippen molar-refractivity contribution >= 4 is 17.8 Å². The molecule has 0 aliphatic heterocycles. The van der Waals surface area contributed by atoms with Gasteiger partial charge in [-0.2, -0.15) is 0 Å². The van der Waals surface area contributed by atoms with Crippen LogP contribution in [-0.4, -0.2) is 35.0 Å². The van der Waals surface area contributed by atoms with Gasteiger partial charge in [0.1, 0.15) is 5.54 Å². The third-order valence-electron chi connectivity index (χ3n) is 5.19. The summed E-state index contributed by atoms with van der Waals surface area (Å²) >= 11 is 0. The number of aliphatic carboxylic acids is 1. The highest BCUT2D eigenvalue weighted by atomic mass is 16.4. The standard InChI is InChI=1S/C17H28N2O4/c1-2-10-18-16(23)17(8-4-3-5-9-17)19-14(20)12-6-7-13(11-12)15(21)22/h12-13H,2-11H2,1H3,(H,18,23)(H,19,20)(H,21,22)/t12-,13+/m1/s1. The first-order valence-corrected chi connectivity index (χ1v) is 8.81. The predicted molar refractivity (Wildman–Crippen MR) is 85.7 cm³/mol. The van der Waals surface area contributed by atoms with E-state index >= 15 is 0 Å². The Bertz CT molecular complexity index is 458. The zero-order valence-electron chi connectivity index (χ0n) is 13.9. The van der Waals surface area contributed by atoms with Gasteiger partial charge in [-0.05, 0) is 38.5 Å². The second-order valence-corrected chi connectivity index (χ2v) is 6.93. The van der Waals surface area contributed by atoms with Crippen LogP contribution in [-0.2, 0) is 14.4 Å². The fourth-order valence-electron chi connectivity index (χ4n) is 3.75. The van der Waals surface area contributed by atoms with Crippen LogP contribution >= 0.6 is 0 Å². The molecule has 3 N–H and O–H groups in total. The molecule has 0 heterocycles. The third-order valence-corrected chi connectivity index (χ3v) is 5.19. The van der Waals surface area contributed by atoms with Gasteiger partial charge in [-0.3, -0.25) is 14.4 Å². The van der Waals surface area contributed by atoms with Crippen molar-refractivity contribution < 1.29 is 19.5 Å².